The summed E-state index contributed by atoms with van der Waals surface area (Å²) in [5.41, 5.74) is 2.43. The van der Waals surface area contributed by atoms with E-state index in [1.807, 2.05) is 11.8 Å². The SMILES string of the molecule is Cc1ncsc1C(=O)N1CCC2(CC1)NC(=O)[C@@H]1CN(CCC(C)C)C[C@@H]12. The van der Waals surface area contributed by atoms with Crippen LogP contribution in [-0.4, -0.2) is 64.9 Å². The molecule has 6 nitrogen and oxygen atoms in total. The fraction of sp³-hybridized carbons (Fsp3) is 0.750. The maximum atomic E-state index is 12.8. The molecular weight excluding hydrogens is 360 g/mol. The van der Waals surface area contributed by atoms with Crippen molar-refractivity contribution in [2.45, 2.75) is 45.6 Å². The number of carbonyl (C=O) groups is 2. The molecule has 0 aromatic carbocycles. The molecule has 1 aromatic rings. The van der Waals surface area contributed by atoms with Crippen molar-refractivity contribution in [2.75, 3.05) is 32.7 Å². The molecule has 3 aliphatic rings. The maximum Gasteiger partial charge on any atom is 0.265 e. The summed E-state index contributed by atoms with van der Waals surface area (Å²) >= 11 is 1.42. The fourth-order valence-electron chi connectivity index (χ4n) is 5.02. The molecule has 3 aliphatic heterocycles. The average molecular weight is 391 g/mol. The molecule has 0 saturated carbocycles. The molecule has 4 rings (SSSR count). The van der Waals surface area contributed by atoms with Crippen LogP contribution in [0.1, 0.15) is 48.5 Å². The average Bonchev–Trinajstić information content (AvgIpc) is 3.31. The fourth-order valence-corrected chi connectivity index (χ4v) is 5.79. The molecule has 2 atom stereocenters. The van der Waals surface area contributed by atoms with E-state index in [9.17, 15) is 9.59 Å². The summed E-state index contributed by atoms with van der Waals surface area (Å²) in [5, 5.41) is 3.35. The lowest BCUT2D eigenvalue weighted by atomic mass is 9.75. The summed E-state index contributed by atoms with van der Waals surface area (Å²) in [4.78, 5) is 34.8. The lowest BCUT2D eigenvalue weighted by Crippen LogP contribution is -2.56. The Kier molecular flexibility index (Phi) is 5.01. The van der Waals surface area contributed by atoms with Gasteiger partial charge in [-0.25, -0.2) is 4.98 Å². The van der Waals surface area contributed by atoms with Crippen molar-refractivity contribution >= 4 is 23.2 Å². The van der Waals surface area contributed by atoms with Gasteiger partial charge in [-0.15, -0.1) is 11.3 Å². The zero-order valence-electron chi connectivity index (χ0n) is 16.5. The third kappa shape index (κ3) is 3.40. The van der Waals surface area contributed by atoms with Crippen molar-refractivity contribution in [1.29, 1.82) is 0 Å². The summed E-state index contributed by atoms with van der Waals surface area (Å²) in [7, 11) is 0. The number of thiazole rings is 1. The summed E-state index contributed by atoms with van der Waals surface area (Å²) < 4.78 is 0. The highest BCUT2D eigenvalue weighted by Crippen LogP contribution is 2.44. The zero-order valence-corrected chi connectivity index (χ0v) is 17.3. The van der Waals surface area contributed by atoms with E-state index in [2.05, 4.69) is 29.0 Å². The van der Waals surface area contributed by atoms with Crippen molar-refractivity contribution < 1.29 is 9.59 Å². The van der Waals surface area contributed by atoms with E-state index in [4.69, 9.17) is 0 Å². The molecule has 1 spiro atoms. The quantitative estimate of drug-likeness (QED) is 0.856. The molecule has 27 heavy (non-hydrogen) atoms. The van der Waals surface area contributed by atoms with Gasteiger partial charge in [0.1, 0.15) is 4.88 Å². The Morgan fingerprint density at radius 3 is 2.74 bits per heavy atom. The van der Waals surface area contributed by atoms with Gasteiger partial charge in [-0.05, 0) is 38.6 Å². The van der Waals surface area contributed by atoms with E-state index < -0.39 is 0 Å². The van der Waals surface area contributed by atoms with Gasteiger partial charge in [-0.2, -0.15) is 0 Å². The summed E-state index contributed by atoms with van der Waals surface area (Å²) in [6.07, 6.45) is 2.91. The number of nitrogens with one attached hydrogen (secondary N) is 1. The molecule has 0 bridgehead atoms. The van der Waals surface area contributed by atoms with Crippen LogP contribution in [0.5, 0.6) is 0 Å². The van der Waals surface area contributed by atoms with Gasteiger partial charge >= 0.3 is 0 Å². The molecule has 7 heteroatoms. The predicted octanol–water partition coefficient (Wildman–Crippen LogP) is 2.15. The highest BCUT2D eigenvalue weighted by Gasteiger charge is 2.57. The molecule has 2 amide bonds. The van der Waals surface area contributed by atoms with Crippen LogP contribution in [-0.2, 0) is 4.79 Å². The summed E-state index contributed by atoms with van der Waals surface area (Å²) in [5.74, 6) is 1.53. The van der Waals surface area contributed by atoms with Crippen LogP contribution in [0.4, 0.5) is 0 Å². The Balaban J connectivity index is 1.41. The van der Waals surface area contributed by atoms with Crippen molar-refractivity contribution in [2.24, 2.45) is 17.8 Å². The molecule has 3 saturated heterocycles. The Labute approximate surface area is 165 Å². The topological polar surface area (TPSA) is 65.5 Å². The van der Waals surface area contributed by atoms with Crippen LogP contribution >= 0.6 is 11.3 Å². The Hall–Kier alpha value is -1.47. The van der Waals surface area contributed by atoms with Crippen LogP contribution in [0.2, 0.25) is 0 Å². The van der Waals surface area contributed by atoms with Gasteiger partial charge in [-0.3, -0.25) is 9.59 Å². The Bertz CT molecular complexity index is 723. The first-order chi connectivity index (χ1) is 12.9. The van der Waals surface area contributed by atoms with Crippen molar-refractivity contribution in [3.8, 4) is 0 Å². The van der Waals surface area contributed by atoms with Gasteiger partial charge in [0.15, 0.2) is 0 Å². The molecule has 0 aliphatic carbocycles. The third-order valence-corrected chi connectivity index (χ3v) is 7.64. The molecule has 4 heterocycles. The number of likely N-dealkylation sites (tertiary alicyclic amines) is 2. The first-order valence-corrected chi connectivity index (χ1v) is 11.0. The molecule has 1 N–H and O–H groups in total. The van der Waals surface area contributed by atoms with E-state index >= 15 is 0 Å². The number of aryl methyl sites for hydroxylation is 1. The molecule has 0 unspecified atom stereocenters. The van der Waals surface area contributed by atoms with Crippen LogP contribution in [0, 0.1) is 24.7 Å². The van der Waals surface area contributed by atoms with Gasteiger partial charge in [0, 0.05) is 37.6 Å². The summed E-state index contributed by atoms with van der Waals surface area (Å²) in [6, 6.07) is 0. The van der Waals surface area contributed by atoms with Gasteiger partial charge < -0.3 is 15.1 Å². The highest BCUT2D eigenvalue weighted by atomic mass is 32.1. The van der Waals surface area contributed by atoms with Crippen molar-refractivity contribution in [3.63, 3.8) is 0 Å². The van der Waals surface area contributed by atoms with Gasteiger partial charge in [-0.1, -0.05) is 13.8 Å². The number of hydrogen-bond acceptors (Lipinski definition) is 5. The number of aromatic nitrogens is 1. The number of piperidine rings is 1. The third-order valence-electron chi connectivity index (χ3n) is 6.72. The van der Waals surface area contributed by atoms with E-state index in [0.717, 1.165) is 43.0 Å². The maximum absolute atomic E-state index is 12.8. The monoisotopic (exact) mass is 390 g/mol. The normalized spacial score (nSPS) is 27.4. The highest BCUT2D eigenvalue weighted by molar-refractivity contribution is 7.11. The second-order valence-corrected chi connectivity index (χ2v) is 9.71. The molecule has 3 fully saturated rings. The lowest BCUT2D eigenvalue weighted by Gasteiger charge is -2.42. The first-order valence-electron chi connectivity index (χ1n) is 10.1. The minimum atomic E-state index is -0.117. The minimum absolute atomic E-state index is 0.0932. The van der Waals surface area contributed by atoms with Crippen LogP contribution in [0.15, 0.2) is 5.51 Å². The van der Waals surface area contributed by atoms with Crippen LogP contribution < -0.4 is 5.32 Å². The van der Waals surface area contributed by atoms with E-state index in [-0.39, 0.29) is 23.3 Å². The molecule has 0 radical (unpaired) electrons. The van der Waals surface area contributed by atoms with E-state index in [0.29, 0.717) is 24.9 Å². The zero-order chi connectivity index (χ0) is 19.2. The van der Waals surface area contributed by atoms with Crippen molar-refractivity contribution in [1.82, 2.24) is 20.1 Å². The molecular formula is C20H30N4O2S. The van der Waals surface area contributed by atoms with E-state index in [1.165, 1.54) is 17.8 Å². The Morgan fingerprint density at radius 1 is 1.37 bits per heavy atom. The number of hydrogen-bond donors (Lipinski definition) is 1. The van der Waals surface area contributed by atoms with Crippen LogP contribution in [0.25, 0.3) is 0 Å². The predicted molar refractivity (Wildman–Crippen MR) is 106 cm³/mol. The second-order valence-electron chi connectivity index (χ2n) is 8.86. The van der Waals surface area contributed by atoms with Gasteiger partial charge in [0.2, 0.25) is 5.91 Å². The minimum Gasteiger partial charge on any atom is -0.350 e. The first kappa shape index (κ1) is 18.9. The molecule has 1 aromatic heterocycles. The number of carbonyl (C=O) groups excluding carboxylic acids is 2. The largest absolute Gasteiger partial charge is 0.350 e. The summed E-state index contributed by atoms with van der Waals surface area (Å²) in [6.45, 7) is 10.8. The van der Waals surface area contributed by atoms with Gasteiger partial charge in [0.05, 0.1) is 17.1 Å². The number of fused-ring (bicyclic) bond motifs is 2. The second kappa shape index (κ2) is 7.17. The number of rotatable bonds is 4. The van der Waals surface area contributed by atoms with Gasteiger partial charge in [0.25, 0.3) is 5.91 Å². The Morgan fingerprint density at radius 2 is 2.11 bits per heavy atom. The standard InChI is InChI=1S/C20H30N4O2S/c1-13(2)4-7-23-10-15-16(11-23)20(22-18(15)25)5-8-24(9-6-20)19(26)17-14(3)21-12-27-17/h12-13,15-16H,4-11H2,1-3H3,(H,22,25)/t15-,16+/m1/s1. The molecule has 148 valence electrons. The lowest BCUT2D eigenvalue weighted by molar-refractivity contribution is -0.123. The number of amides is 2. The smallest absolute Gasteiger partial charge is 0.265 e. The van der Waals surface area contributed by atoms with Crippen molar-refractivity contribution in [3.05, 3.63) is 16.1 Å². The van der Waals surface area contributed by atoms with Crippen LogP contribution in [0.3, 0.4) is 0 Å². The van der Waals surface area contributed by atoms with E-state index in [1.54, 1.807) is 5.51 Å². The number of nitrogens with zero attached hydrogens (tertiary/aromatic N) is 3.